The first-order valence-corrected chi connectivity index (χ1v) is 20.9. The molecule has 3 atom stereocenters. The molecule has 274 valence electrons. The Balaban J connectivity index is 1.68. The van der Waals surface area contributed by atoms with E-state index in [1.165, 1.54) is 16.7 Å². The second kappa shape index (κ2) is 19.7. The van der Waals surface area contributed by atoms with Crippen molar-refractivity contribution >= 4 is 31.6 Å². The topological polar surface area (TPSA) is 37.3 Å². The molecule has 0 heterocycles. The van der Waals surface area contributed by atoms with Crippen LogP contribution in [0.2, 0.25) is 16.1 Å². The number of halogens is 1. The Kier molecular flexibility index (Phi) is 15.7. The van der Waals surface area contributed by atoms with Gasteiger partial charge in [0, 0.05) is 18.8 Å². The summed E-state index contributed by atoms with van der Waals surface area (Å²) in [5, 5.41) is 0.677. The molecule has 0 saturated carbocycles. The van der Waals surface area contributed by atoms with Gasteiger partial charge in [-0.1, -0.05) is 142 Å². The van der Waals surface area contributed by atoms with Crippen LogP contribution >= 0.6 is 11.6 Å². The van der Waals surface area contributed by atoms with Crippen LogP contribution in [0.25, 0.3) is 0 Å². The van der Waals surface area contributed by atoms with Gasteiger partial charge in [-0.3, -0.25) is 9.89 Å². The Morgan fingerprint density at radius 3 is 1.65 bits per heavy atom. The smallest absolute Gasteiger partial charge is 0.344 e. The van der Waals surface area contributed by atoms with Crippen molar-refractivity contribution in [2.24, 2.45) is 4.99 Å². The number of aliphatic imine (C=N–C) groups is 1. The molecule has 7 heteroatoms. The maximum atomic E-state index is 7.57. The van der Waals surface area contributed by atoms with Crippen LogP contribution in [0.15, 0.2) is 114 Å². The van der Waals surface area contributed by atoms with E-state index in [4.69, 9.17) is 25.4 Å². The molecular weight excluding hydrogens is 666 g/mol. The molecule has 4 rings (SSSR count). The molecule has 0 aliphatic carbocycles. The van der Waals surface area contributed by atoms with Gasteiger partial charge in [0.15, 0.2) is 0 Å². The van der Waals surface area contributed by atoms with Gasteiger partial charge in [-0.2, -0.15) is 0 Å². The number of benzene rings is 4. The second-order valence-corrected chi connectivity index (χ2v) is 19.4. The van der Waals surface area contributed by atoms with Crippen molar-refractivity contribution in [2.45, 2.75) is 90.1 Å². The fourth-order valence-corrected chi connectivity index (χ4v) is 11.1. The molecule has 0 bridgehead atoms. The molecule has 0 spiro atoms. The summed E-state index contributed by atoms with van der Waals surface area (Å²) in [5.74, 6) is 0. The van der Waals surface area contributed by atoms with E-state index in [2.05, 4.69) is 170 Å². The van der Waals surface area contributed by atoms with E-state index >= 15 is 0 Å². The fraction of sp³-hybridized carbons (Fsp3) is 0.432. The largest absolute Gasteiger partial charge is 0.387 e. The summed E-state index contributed by atoms with van der Waals surface area (Å²) < 4.78 is 15.0. The summed E-state index contributed by atoms with van der Waals surface area (Å²) in [6, 6.07) is 38.2. The summed E-state index contributed by atoms with van der Waals surface area (Å²) >= 11 is 6.66. The highest BCUT2D eigenvalue weighted by atomic mass is 35.5. The van der Waals surface area contributed by atoms with Crippen molar-refractivity contribution in [3.05, 3.63) is 136 Å². The molecule has 0 aromatic heterocycles. The minimum Gasteiger partial charge on any atom is -0.387 e. The monoisotopic (exact) mass is 725 g/mol. The minimum absolute atomic E-state index is 0.0495. The molecule has 0 N–H and O–H groups in total. The van der Waals surface area contributed by atoms with Gasteiger partial charge in [0.1, 0.15) is 0 Å². The highest BCUT2D eigenvalue weighted by Crippen LogP contribution is 2.43. The van der Waals surface area contributed by atoms with Crippen LogP contribution in [-0.4, -0.2) is 64.3 Å². The average molecular weight is 727 g/mol. The van der Waals surface area contributed by atoms with Gasteiger partial charge in [0.25, 0.3) is 0 Å². The van der Waals surface area contributed by atoms with E-state index in [9.17, 15) is 0 Å². The van der Waals surface area contributed by atoms with Gasteiger partial charge in [0.2, 0.25) is 0 Å². The Morgan fingerprint density at radius 1 is 0.686 bits per heavy atom. The third kappa shape index (κ3) is 11.4. The van der Waals surface area contributed by atoms with E-state index in [-0.39, 0.29) is 29.3 Å². The number of hydrogen-bond acceptors (Lipinski definition) is 5. The van der Waals surface area contributed by atoms with Crippen LogP contribution in [0.1, 0.15) is 81.9 Å². The van der Waals surface area contributed by atoms with E-state index in [1.54, 1.807) is 0 Å². The number of para-hydroxylation sites is 1. The van der Waals surface area contributed by atoms with Crippen molar-refractivity contribution < 1.29 is 8.85 Å². The van der Waals surface area contributed by atoms with Gasteiger partial charge in [-0.25, -0.2) is 0 Å². The van der Waals surface area contributed by atoms with Crippen LogP contribution in [-0.2, 0) is 15.3 Å². The first-order chi connectivity index (χ1) is 24.4. The fourth-order valence-electron chi connectivity index (χ4n) is 6.93. The summed E-state index contributed by atoms with van der Waals surface area (Å²) in [4.78, 5) is 9.83. The average Bonchev–Trinajstić information content (AvgIpc) is 3.12. The van der Waals surface area contributed by atoms with Gasteiger partial charge in [0.05, 0.1) is 29.0 Å². The summed E-state index contributed by atoms with van der Waals surface area (Å²) in [6.07, 6.45) is 2.38. The summed E-state index contributed by atoms with van der Waals surface area (Å²) in [5.41, 5.74) is 7.12. The Hall–Kier alpha value is -3.10. The zero-order valence-corrected chi connectivity index (χ0v) is 34.1. The molecular formula is C44H60ClN3O2Si. The van der Waals surface area contributed by atoms with E-state index in [0.717, 1.165) is 49.3 Å². The van der Waals surface area contributed by atoms with Crippen LogP contribution < -0.4 is 0 Å². The Labute approximate surface area is 314 Å². The lowest BCUT2D eigenvalue weighted by Crippen LogP contribution is -2.50. The molecule has 0 radical (unpaired) electrons. The number of nitrogens with zero attached hydrogens (tertiary/aromatic N) is 3. The van der Waals surface area contributed by atoms with E-state index < -0.39 is 8.56 Å². The third-order valence-electron chi connectivity index (χ3n) is 9.95. The maximum Gasteiger partial charge on any atom is 0.344 e. The van der Waals surface area contributed by atoms with E-state index in [0.29, 0.717) is 5.02 Å². The zero-order valence-electron chi connectivity index (χ0n) is 32.4. The normalized spacial score (nSPS) is 14.4. The first kappa shape index (κ1) is 40.7. The van der Waals surface area contributed by atoms with Crippen molar-refractivity contribution in [1.29, 1.82) is 0 Å². The Morgan fingerprint density at radius 2 is 1.18 bits per heavy atom. The second-order valence-electron chi connectivity index (χ2n) is 14.8. The third-order valence-corrected chi connectivity index (χ3v) is 14.8. The lowest BCUT2D eigenvalue weighted by molar-refractivity contribution is 0.0510. The number of hydrogen-bond donors (Lipinski definition) is 0. The van der Waals surface area contributed by atoms with Gasteiger partial charge in [-0.05, 0) is 93.7 Å². The lowest BCUT2D eigenvalue weighted by atomic mass is 10.00. The van der Waals surface area contributed by atoms with Crippen molar-refractivity contribution in [1.82, 2.24) is 9.80 Å². The van der Waals surface area contributed by atoms with Gasteiger partial charge < -0.3 is 13.8 Å². The van der Waals surface area contributed by atoms with Crippen LogP contribution in [0.5, 0.6) is 0 Å². The maximum absolute atomic E-state index is 7.57. The van der Waals surface area contributed by atoms with Crippen LogP contribution in [0, 0.1) is 6.92 Å². The van der Waals surface area contributed by atoms with Crippen molar-refractivity contribution in [3.63, 3.8) is 0 Å². The quantitative estimate of drug-likeness (QED) is 0.0712. The predicted molar refractivity (Wildman–Crippen MR) is 220 cm³/mol. The molecule has 0 aliphatic rings. The summed E-state index contributed by atoms with van der Waals surface area (Å²) in [7, 11) is 3.64. The predicted octanol–water partition coefficient (Wildman–Crippen LogP) is 11.4. The highest BCUT2D eigenvalue weighted by Gasteiger charge is 2.48. The first-order valence-electron chi connectivity index (χ1n) is 18.6. The molecule has 0 fully saturated rings. The van der Waals surface area contributed by atoms with Crippen LogP contribution in [0.3, 0.4) is 0 Å². The number of likely N-dealkylation sites (N-methyl/N-ethyl adjacent to an activating group) is 1. The van der Waals surface area contributed by atoms with E-state index in [1.807, 2.05) is 12.1 Å². The van der Waals surface area contributed by atoms with Gasteiger partial charge in [-0.15, -0.1) is 0 Å². The molecule has 51 heavy (non-hydrogen) atoms. The molecule has 3 unspecified atom stereocenters. The molecule has 0 amide bonds. The molecule has 4 aromatic rings. The summed E-state index contributed by atoms with van der Waals surface area (Å²) in [6.45, 7) is 15.1. The lowest BCUT2D eigenvalue weighted by Gasteiger charge is -2.43. The molecule has 4 aromatic carbocycles. The molecule has 0 saturated heterocycles. The molecule has 0 aliphatic heterocycles. The highest BCUT2D eigenvalue weighted by molar-refractivity contribution is 6.70. The van der Waals surface area contributed by atoms with Crippen molar-refractivity contribution in [3.8, 4) is 0 Å². The van der Waals surface area contributed by atoms with Gasteiger partial charge >= 0.3 is 8.56 Å². The standard InChI is InChI=1S/C44H60ClN3O2Si/c1-33(2)51(34(3)4,49-42(28-30-47(7)8)38-23-15-11-16-24-38)50-43(39-25-17-12-18-26-39)29-31-48(9)41(32-37-21-13-10-14-22-37)36(6)46-44-35(5)20-19-27-40(44)45/h10-27,33-34,41-43H,28-32H2,1-9H3. The molecule has 5 nitrogen and oxygen atoms in total. The zero-order chi connectivity index (χ0) is 37.0. The minimum atomic E-state index is -2.83. The van der Waals surface area contributed by atoms with Crippen LogP contribution in [0.4, 0.5) is 5.69 Å². The SMILES string of the molecule is CC(=Nc1c(C)cccc1Cl)C(Cc1ccccc1)N(C)CCC(O[Si](OC(CCN(C)C)c1ccccc1)(C(C)C)C(C)C)c1ccccc1. The number of rotatable bonds is 19. The van der Waals surface area contributed by atoms with Crippen molar-refractivity contribution in [2.75, 3.05) is 34.2 Å². The number of aryl methyl sites for hydroxylation is 1. The Bertz CT molecular complexity index is 1600.